The molecule has 29 heavy (non-hydrogen) atoms. The summed E-state index contributed by atoms with van der Waals surface area (Å²) in [4.78, 5) is 13.6. The highest BCUT2D eigenvalue weighted by Gasteiger charge is 2.30. The highest BCUT2D eigenvalue weighted by atomic mass is 16.5. The average Bonchev–Trinajstić information content (AvgIpc) is 3.19. The second kappa shape index (κ2) is 9.76. The number of hydrogen-bond donors (Lipinski definition) is 1. The van der Waals surface area contributed by atoms with Gasteiger partial charge in [0.05, 0.1) is 14.2 Å². The van der Waals surface area contributed by atoms with Crippen LogP contribution in [0.2, 0.25) is 0 Å². The van der Waals surface area contributed by atoms with Gasteiger partial charge in [-0.05, 0) is 68.8 Å². The number of rotatable bonds is 9. The van der Waals surface area contributed by atoms with Crippen molar-refractivity contribution in [3.63, 3.8) is 0 Å². The lowest BCUT2D eigenvalue weighted by Crippen LogP contribution is -2.35. The Bertz CT molecular complexity index is 821. The van der Waals surface area contributed by atoms with Crippen LogP contribution in [0.15, 0.2) is 42.5 Å². The lowest BCUT2D eigenvalue weighted by Gasteiger charge is -2.28. The maximum atomic E-state index is 11.3. The molecule has 2 aromatic carbocycles. The number of nitrogens with zero attached hydrogens (tertiary/aromatic N) is 1. The summed E-state index contributed by atoms with van der Waals surface area (Å²) in [7, 11) is 3.33. The van der Waals surface area contributed by atoms with Crippen LogP contribution in [0, 0.1) is 0 Å². The molecule has 0 amide bonds. The molecule has 3 rings (SSSR count). The van der Waals surface area contributed by atoms with E-state index in [0.717, 1.165) is 36.4 Å². The summed E-state index contributed by atoms with van der Waals surface area (Å²) >= 11 is 0. The second-order valence-corrected chi connectivity index (χ2v) is 7.31. The zero-order valence-corrected chi connectivity index (χ0v) is 17.3. The molecule has 1 fully saturated rings. The molecule has 0 aromatic heterocycles. The molecular weight excluding hydrogens is 370 g/mol. The van der Waals surface area contributed by atoms with Gasteiger partial charge >= 0.3 is 0 Å². The zero-order valence-electron chi connectivity index (χ0n) is 17.3. The number of aliphatic hydroxyl groups excluding tert-OH is 1. The van der Waals surface area contributed by atoms with Crippen molar-refractivity contribution in [2.24, 2.45) is 0 Å². The van der Waals surface area contributed by atoms with Gasteiger partial charge in [0.25, 0.3) is 0 Å². The summed E-state index contributed by atoms with van der Waals surface area (Å²) < 4.78 is 16.6. The standard InChI is InChI=1S/C23H29NO5/c1-16(25)17-6-8-19(9-7-17)29-15-18(26)14-24-12-4-5-22(24)21-13-20(27-2)10-11-23(21)28-3/h6-11,13,18,22,26H,4-5,12,14-15H2,1-3H3. The summed E-state index contributed by atoms with van der Waals surface area (Å²) in [6.45, 7) is 3.15. The highest BCUT2D eigenvalue weighted by molar-refractivity contribution is 5.94. The third-order valence-corrected chi connectivity index (χ3v) is 5.31. The fraction of sp³-hybridized carbons (Fsp3) is 0.435. The fourth-order valence-corrected chi connectivity index (χ4v) is 3.80. The lowest BCUT2D eigenvalue weighted by molar-refractivity contribution is 0.0634. The van der Waals surface area contributed by atoms with E-state index in [0.29, 0.717) is 17.9 Å². The molecule has 2 aromatic rings. The summed E-state index contributed by atoms with van der Waals surface area (Å²) in [5.41, 5.74) is 1.72. The molecule has 0 bridgehead atoms. The average molecular weight is 399 g/mol. The van der Waals surface area contributed by atoms with E-state index in [1.165, 1.54) is 6.92 Å². The van der Waals surface area contributed by atoms with Crippen LogP contribution in [0.5, 0.6) is 17.2 Å². The Balaban J connectivity index is 1.61. The molecule has 6 heteroatoms. The van der Waals surface area contributed by atoms with Crippen LogP contribution >= 0.6 is 0 Å². The molecule has 2 unspecified atom stereocenters. The number of ether oxygens (including phenoxy) is 3. The number of ketones is 1. The molecule has 156 valence electrons. The zero-order chi connectivity index (χ0) is 20.8. The van der Waals surface area contributed by atoms with Crippen LogP contribution in [0.25, 0.3) is 0 Å². The summed E-state index contributed by atoms with van der Waals surface area (Å²) in [5.74, 6) is 2.29. The first-order chi connectivity index (χ1) is 14.0. The van der Waals surface area contributed by atoms with Gasteiger partial charge in [0, 0.05) is 23.7 Å². The molecule has 0 aliphatic carbocycles. The molecule has 1 aliphatic rings. The van der Waals surface area contributed by atoms with Gasteiger partial charge in [-0.25, -0.2) is 0 Å². The molecule has 1 saturated heterocycles. The van der Waals surface area contributed by atoms with Crippen molar-refractivity contribution in [1.82, 2.24) is 4.90 Å². The van der Waals surface area contributed by atoms with Crippen molar-refractivity contribution in [3.8, 4) is 17.2 Å². The first kappa shape index (κ1) is 21.1. The van der Waals surface area contributed by atoms with Crippen molar-refractivity contribution in [3.05, 3.63) is 53.6 Å². The van der Waals surface area contributed by atoms with E-state index in [-0.39, 0.29) is 18.4 Å². The Labute approximate surface area is 172 Å². The minimum atomic E-state index is -0.625. The normalized spacial score (nSPS) is 17.7. The highest BCUT2D eigenvalue weighted by Crippen LogP contribution is 2.38. The van der Waals surface area contributed by atoms with E-state index >= 15 is 0 Å². The minimum Gasteiger partial charge on any atom is -0.497 e. The van der Waals surface area contributed by atoms with Gasteiger partial charge in [0.15, 0.2) is 5.78 Å². The quantitative estimate of drug-likeness (QED) is 0.651. The second-order valence-electron chi connectivity index (χ2n) is 7.31. The number of carbonyl (C=O) groups excluding carboxylic acids is 1. The Morgan fingerprint density at radius 3 is 2.52 bits per heavy atom. The predicted molar refractivity (Wildman–Crippen MR) is 111 cm³/mol. The van der Waals surface area contributed by atoms with Gasteiger partial charge in [0.1, 0.15) is 30.0 Å². The minimum absolute atomic E-state index is 0.0182. The molecule has 0 saturated carbocycles. The van der Waals surface area contributed by atoms with Gasteiger partial charge in [-0.2, -0.15) is 0 Å². The fourth-order valence-electron chi connectivity index (χ4n) is 3.80. The van der Waals surface area contributed by atoms with Crippen LogP contribution in [0.3, 0.4) is 0 Å². The van der Waals surface area contributed by atoms with Gasteiger partial charge in [-0.1, -0.05) is 0 Å². The van der Waals surface area contributed by atoms with E-state index in [1.807, 2.05) is 18.2 Å². The van der Waals surface area contributed by atoms with Crippen LogP contribution < -0.4 is 14.2 Å². The van der Waals surface area contributed by atoms with Crippen molar-refractivity contribution in [1.29, 1.82) is 0 Å². The Morgan fingerprint density at radius 2 is 1.86 bits per heavy atom. The van der Waals surface area contributed by atoms with Crippen molar-refractivity contribution in [2.75, 3.05) is 33.9 Å². The van der Waals surface area contributed by atoms with Gasteiger partial charge in [0.2, 0.25) is 0 Å². The van der Waals surface area contributed by atoms with Crippen molar-refractivity contribution < 1.29 is 24.1 Å². The van der Waals surface area contributed by atoms with Gasteiger partial charge in [-0.15, -0.1) is 0 Å². The third kappa shape index (κ3) is 5.28. The molecule has 1 aliphatic heterocycles. The Kier molecular flexibility index (Phi) is 7.12. The summed E-state index contributed by atoms with van der Waals surface area (Å²) in [6.07, 6.45) is 1.44. The molecule has 1 heterocycles. The van der Waals surface area contributed by atoms with Crippen LogP contribution in [-0.4, -0.2) is 55.8 Å². The summed E-state index contributed by atoms with van der Waals surface area (Å²) in [6, 6.07) is 13.0. The Morgan fingerprint density at radius 1 is 1.14 bits per heavy atom. The Hall–Kier alpha value is -2.57. The first-order valence-electron chi connectivity index (χ1n) is 9.89. The smallest absolute Gasteiger partial charge is 0.159 e. The van der Waals surface area contributed by atoms with Crippen LogP contribution in [-0.2, 0) is 0 Å². The number of likely N-dealkylation sites (tertiary alicyclic amines) is 1. The largest absolute Gasteiger partial charge is 0.497 e. The van der Waals surface area contributed by atoms with E-state index in [2.05, 4.69) is 4.90 Å². The SMILES string of the molecule is COc1ccc(OC)c(C2CCCN2CC(O)COc2ccc(C(C)=O)cc2)c1. The molecular formula is C23H29NO5. The molecule has 0 radical (unpaired) electrons. The first-order valence-corrected chi connectivity index (χ1v) is 9.89. The van der Waals surface area contributed by atoms with Gasteiger partial charge in [-0.3, -0.25) is 9.69 Å². The van der Waals surface area contributed by atoms with Crippen LogP contribution in [0.4, 0.5) is 0 Å². The number of methoxy groups -OCH3 is 2. The maximum absolute atomic E-state index is 11.3. The lowest BCUT2D eigenvalue weighted by atomic mass is 10.0. The van der Waals surface area contributed by atoms with Crippen LogP contribution in [0.1, 0.15) is 41.7 Å². The van der Waals surface area contributed by atoms with E-state index in [1.54, 1.807) is 38.5 Å². The third-order valence-electron chi connectivity index (χ3n) is 5.31. The van der Waals surface area contributed by atoms with E-state index < -0.39 is 6.10 Å². The molecule has 1 N–H and O–H groups in total. The van der Waals surface area contributed by atoms with Gasteiger partial charge < -0.3 is 19.3 Å². The van der Waals surface area contributed by atoms with Crippen molar-refractivity contribution in [2.45, 2.75) is 31.9 Å². The van der Waals surface area contributed by atoms with Crippen molar-refractivity contribution >= 4 is 5.78 Å². The molecule has 2 atom stereocenters. The number of Topliss-reactive ketones (excluding diaryl/α,β-unsaturated/α-hetero) is 1. The summed E-state index contributed by atoms with van der Waals surface area (Å²) in [5, 5.41) is 10.5. The number of hydrogen-bond acceptors (Lipinski definition) is 6. The molecule has 6 nitrogen and oxygen atoms in total. The van der Waals surface area contributed by atoms with E-state index in [9.17, 15) is 9.90 Å². The number of aliphatic hydroxyl groups is 1. The topological polar surface area (TPSA) is 68.2 Å². The number of β-amino-alcohol motifs (C(OH)–C–C–N with tert-alkyl or cyclic N) is 1. The van der Waals surface area contributed by atoms with E-state index in [4.69, 9.17) is 14.2 Å². The number of carbonyl (C=O) groups is 1. The monoisotopic (exact) mass is 399 g/mol. The molecule has 0 spiro atoms. The predicted octanol–water partition coefficient (Wildman–Crippen LogP) is 3.48. The maximum Gasteiger partial charge on any atom is 0.159 e. The number of benzene rings is 2.